The predicted octanol–water partition coefficient (Wildman–Crippen LogP) is 8.35. The molecule has 11 heteroatoms. The Balaban J connectivity index is 1.04. The molecule has 0 aliphatic carbocycles. The monoisotopic (exact) mass is 800 g/mol. The van der Waals surface area contributed by atoms with Crippen molar-refractivity contribution in [3.63, 3.8) is 0 Å². The molecule has 8 rings (SSSR count). The summed E-state index contributed by atoms with van der Waals surface area (Å²) in [5, 5.41) is 26.8. The third-order valence-electron chi connectivity index (χ3n) is 9.96. The van der Waals surface area contributed by atoms with Crippen LogP contribution in [0.4, 0.5) is 0 Å². The summed E-state index contributed by atoms with van der Waals surface area (Å²) in [7, 11) is 0. The minimum atomic E-state index is -0.457. The van der Waals surface area contributed by atoms with Gasteiger partial charge in [0, 0.05) is 22.3 Å². The number of hydrogen-bond acceptors (Lipinski definition) is 9. The van der Waals surface area contributed by atoms with Gasteiger partial charge in [0.05, 0.1) is 22.5 Å². The Bertz CT molecular complexity index is 2870. The maximum atomic E-state index is 13.9. The summed E-state index contributed by atoms with van der Waals surface area (Å²) in [6, 6.07) is 47.3. The Labute approximate surface area is 349 Å². The molecular weight excluding hydrogens is 765 g/mol. The Hall–Kier alpha value is -8.44. The summed E-state index contributed by atoms with van der Waals surface area (Å²) in [6.45, 7) is 3.87. The van der Waals surface area contributed by atoms with Crippen molar-refractivity contribution < 1.29 is 23.9 Å². The second-order valence-electron chi connectivity index (χ2n) is 14.3. The van der Waals surface area contributed by atoms with Gasteiger partial charge in [-0.3, -0.25) is 30.0 Å². The van der Waals surface area contributed by atoms with Gasteiger partial charge in [0.15, 0.2) is 22.5 Å². The Morgan fingerprint density at radius 3 is 1.10 bits per heavy atom. The van der Waals surface area contributed by atoms with Crippen LogP contribution in [0, 0.1) is 24.7 Å². The smallest absolute Gasteiger partial charge is 0.213 e. The normalized spacial score (nSPS) is 10.9. The molecule has 0 unspecified atom stereocenters. The molecule has 296 valence electrons. The number of ether oxygens (including phenoxy) is 1. The van der Waals surface area contributed by atoms with E-state index >= 15 is 0 Å². The number of rotatable bonds is 12. The Morgan fingerprint density at radius 1 is 0.426 bits per heavy atom. The van der Waals surface area contributed by atoms with Gasteiger partial charge in [-0.05, 0) is 98.8 Å². The zero-order chi connectivity index (χ0) is 42.6. The predicted molar refractivity (Wildman–Crippen MR) is 228 cm³/mol. The van der Waals surface area contributed by atoms with E-state index in [0.717, 1.165) is 11.1 Å². The van der Waals surface area contributed by atoms with Crippen molar-refractivity contribution >= 4 is 23.1 Å². The molecule has 0 atom stereocenters. The van der Waals surface area contributed by atoms with Crippen molar-refractivity contribution in [1.29, 1.82) is 10.8 Å². The van der Waals surface area contributed by atoms with E-state index in [9.17, 15) is 19.2 Å². The number of benzene rings is 6. The van der Waals surface area contributed by atoms with Crippen LogP contribution in [0.25, 0.3) is 11.4 Å². The van der Waals surface area contributed by atoms with E-state index < -0.39 is 23.1 Å². The number of ketones is 4. The fourth-order valence-corrected chi connectivity index (χ4v) is 6.60. The van der Waals surface area contributed by atoms with Gasteiger partial charge < -0.3 is 4.74 Å². The first-order valence-corrected chi connectivity index (χ1v) is 19.2. The van der Waals surface area contributed by atoms with E-state index in [0.29, 0.717) is 34.0 Å². The lowest BCUT2D eigenvalue weighted by Gasteiger charge is -2.13. The molecule has 2 aromatic heterocycles. The molecule has 0 spiro atoms. The van der Waals surface area contributed by atoms with Gasteiger partial charge in [0.1, 0.15) is 22.9 Å². The van der Waals surface area contributed by atoms with Crippen molar-refractivity contribution in [2.75, 3.05) is 0 Å². The van der Waals surface area contributed by atoms with Crippen LogP contribution in [0.3, 0.4) is 0 Å². The number of aryl methyl sites for hydroxylation is 2. The van der Waals surface area contributed by atoms with Crippen LogP contribution in [0.1, 0.15) is 75.1 Å². The largest absolute Gasteiger partial charge is 0.457 e. The molecule has 8 aromatic rings. The van der Waals surface area contributed by atoms with Gasteiger partial charge in [-0.1, -0.05) is 96.1 Å². The van der Waals surface area contributed by atoms with E-state index in [1.54, 1.807) is 133 Å². The third-order valence-corrected chi connectivity index (χ3v) is 9.96. The van der Waals surface area contributed by atoms with Crippen molar-refractivity contribution in [3.8, 4) is 22.9 Å². The Kier molecular flexibility index (Phi) is 10.9. The molecular formula is C50H36N6O5. The van der Waals surface area contributed by atoms with Gasteiger partial charge >= 0.3 is 0 Å². The standard InChI is InChI=1S/C50H36N6O5/c1-31-13-21-37(22-14-31)55-49(51)41(45(57)33-9-5-3-6-10-33)29-43(53-55)47(59)35-17-25-39(26-18-35)61-40-27-19-36(20-28-40)48(60)44-30-42(46(58)34-11-7-4-8-12-34)50(52)56(54-44)38-23-15-32(2)16-24-38/h3-30,51-52H,1-2H3. The average molecular weight is 801 g/mol. The summed E-state index contributed by atoms with van der Waals surface area (Å²) in [6.07, 6.45) is 0. The molecule has 0 saturated carbocycles. The fraction of sp³-hybridized carbons (Fsp3) is 0.0400. The lowest BCUT2D eigenvalue weighted by Crippen LogP contribution is -2.30. The Morgan fingerprint density at radius 2 is 0.754 bits per heavy atom. The molecule has 2 heterocycles. The average Bonchev–Trinajstić information content (AvgIpc) is 3.30. The molecule has 0 aliphatic rings. The first-order chi connectivity index (χ1) is 29.5. The van der Waals surface area contributed by atoms with Gasteiger partial charge in [-0.25, -0.2) is 9.36 Å². The minimum absolute atomic E-state index is 0.0161. The molecule has 6 aromatic carbocycles. The molecule has 11 nitrogen and oxygen atoms in total. The highest BCUT2D eigenvalue weighted by Crippen LogP contribution is 2.24. The van der Waals surface area contributed by atoms with Crippen LogP contribution in [0.5, 0.6) is 11.5 Å². The topological polar surface area (TPSA) is 161 Å². The molecule has 2 N–H and O–H groups in total. The van der Waals surface area contributed by atoms with Gasteiger partial charge in [-0.2, -0.15) is 10.2 Å². The van der Waals surface area contributed by atoms with Crippen molar-refractivity contribution in [1.82, 2.24) is 19.6 Å². The van der Waals surface area contributed by atoms with Gasteiger partial charge in [-0.15, -0.1) is 0 Å². The minimum Gasteiger partial charge on any atom is -0.457 e. The number of hydrogen-bond donors (Lipinski definition) is 2. The lowest BCUT2D eigenvalue weighted by atomic mass is 10.0. The number of carbonyl (C=O) groups excluding carboxylic acids is 4. The number of aromatic nitrogens is 4. The first kappa shape index (κ1) is 39.4. The van der Waals surface area contributed by atoms with Crippen LogP contribution < -0.4 is 15.7 Å². The van der Waals surface area contributed by atoms with Gasteiger partial charge in [0.25, 0.3) is 0 Å². The lowest BCUT2D eigenvalue weighted by molar-refractivity contribution is 0.101. The summed E-state index contributed by atoms with van der Waals surface area (Å²) < 4.78 is 8.65. The number of nitrogens with zero attached hydrogens (tertiary/aromatic N) is 4. The van der Waals surface area contributed by atoms with Crippen LogP contribution in [-0.2, 0) is 0 Å². The van der Waals surface area contributed by atoms with Gasteiger partial charge in [0.2, 0.25) is 11.6 Å². The fourth-order valence-electron chi connectivity index (χ4n) is 6.60. The van der Waals surface area contributed by atoms with Crippen LogP contribution >= 0.6 is 0 Å². The highest BCUT2D eigenvalue weighted by atomic mass is 16.5. The van der Waals surface area contributed by atoms with Crippen molar-refractivity contribution in [2.24, 2.45) is 0 Å². The van der Waals surface area contributed by atoms with Crippen LogP contribution in [0.15, 0.2) is 170 Å². The maximum Gasteiger partial charge on any atom is 0.213 e. The van der Waals surface area contributed by atoms with Crippen LogP contribution in [0.2, 0.25) is 0 Å². The highest BCUT2D eigenvalue weighted by molar-refractivity contribution is 6.13. The van der Waals surface area contributed by atoms with Crippen LogP contribution in [-0.4, -0.2) is 42.7 Å². The van der Waals surface area contributed by atoms with E-state index in [1.165, 1.54) is 21.5 Å². The summed E-state index contributed by atoms with van der Waals surface area (Å²) in [5.41, 5.74) is 4.11. The summed E-state index contributed by atoms with van der Waals surface area (Å²) in [4.78, 5) is 55.0. The quantitative estimate of drug-likeness (QED) is 0.117. The molecule has 0 radical (unpaired) electrons. The summed E-state index contributed by atoms with van der Waals surface area (Å²) in [5.74, 6) is -0.903. The molecule has 0 bridgehead atoms. The number of carbonyl (C=O) groups is 4. The van der Waals surface area contributed by atoms with E-state index in [2.05, 4.69) is 10.2 Å². The van der Waals surface area contributed by atoms with E-state index in [4.69, 9.17) is 15.6 Å². The maximum absolute atomic E-state index is 13.9. The number of nitrogens with one attached hydrogen (secondary N) is 2. The molecule has 0 aliphatic heterocycles. The SMILES string of the molecule is Cc1ccc(-n2nc(C(=O)c3ccc(Oc4ccc(C(=O)c5cc(C(=O)c6ccccc6)c(=N)n(-c6ccc(C)cc6)n5)cc4)cc3)cc(C(=O)c3ccccc3)c2=N)cc1. The molecule has 0 amide bonds. The molecule has 0 fully saturated rings. The second kappa shape index (κ2) is 16.8. The van der Waals surface area contributed by atoms with E-state index in [-0.39, 0.29) is 44.6 Å². The molecule has 0 saturated heterocycles. The second-order valence-corrected chi connectivity index (χ2v) is 14.3. The third kappa shape index (κ3) is 8.30. The first-order valence-electron chi connectivity index (χ1n) is 19.2. The van der Waals surface area contributed by atoms with E-state index in [1.807, 2.05) is 38.1 Å². The summed E-state index contributed by atoms with van der Waals surface area (Å²) >= 11 is 0. The zero-order valence-electron chi connectivity index (χ0n) is 33.0. The zero-order valence-corrected chi connectivity index (χ0v) is 33.0. The van der Waals surface area contributed by atoms with Crippen molar-refractivity contribution in [3.05, 3.63) is 237 Å². The molecule has 61 heavy (non-hydrogen) atoms. The highest BCUT2D eigenvalue weighted by Gasteiger charge is 2.22. The van der Waals surface area contributed by atoms with Crippen molar-refractivity contribution in [2.45, 2.75) is 13.8 Å².